The second-order valence-electron chi connectivity index (χ2n) is 10.2. The van der Waals surface area contributed by atoms with E-state index < -0.39 is 17.7 Å². The Kier molecular flexibility index (Phi) is 7.58. The average molecular weight is 513 g/mol. The molecule has 1 amide bonds. The minimum absolute atomic E-state index is 0.0406. The molecule has 3 aromatic rings. The molecule has 7 nitrogen and oxygen atoms in total. The first-order chi connectivity index (χ1) is 18.0. The number of rotatable bonds is 7. The fourth-order valence-corrected chi connectivity index (χ4v) is 5.95. The van der Waals surface area contributed by atoms with E-state index >= 15 is 0 Å². The summed E-state index contributed by atoms with van der Waals surface area (Å²) in [6.45, 7) is 0. The summed E-state index contributed by atoms with van der Waals surface area (Å²) in [5.74, 6) is -1.00. The number of fused-ring (bicyclic) bond motifs is 1. The van der Waals surface area contributed by atoms with Gasteiger partial charge in [0.05, 0.1) is 30.8 Å². The van der Waals surface area contributed by atoms with Gasteiger partial charge in [-0.2, -0.15) is 4.98 Å². The summed E-state index contributed by atoms with van der Waals surface area (Å²) in [5, 5.41) is 3.30. The van der Waals surface area contributed by atoms with Crippen molar-refractivity contribution in [3.8, 4) is 23.1 Å². The number of carbonyl (C=O) groups is 1. The van der Waals surface area contributed by atoms with Crippen LogP contribution in [0.4, 0.5) is 8.78 Å². The summed E-state index contributed by atoms with van der Waals surface area (Å²) in [5.41, 5.74) is 1.17. The summed E-state index contributed by atoms with van der Waals surface area (Å²) in [6.07, 6.45) is 10.2. The fourth-order valence-electron chi connectivity index (χ4n) is 5.95. The SMILES string of the molecule is COc1ccc(-c2nc3cc(F)c(F)cc3n2[C@H](C(=O)NC2CCCCC2)C2CCCCC2)c(OC)n1. The molecule has 2 fully saturated rings. The summed E-state index contributed by atoms with van der Waals surface area (Å²) in [7, 11) is 3.00. The van der Waals surface area contributed by atoms with Crippen LogP contribution >= 0.6 is 0 Å². The number of imidazole rings is 1. The number of nitrogens with zero attached hydrogens (tertiary/aromatic N) is 3. The van der Waals surface area contributed by atoms with Gasteiger partial charge in [-0.3, -0.25) is 4.79 Å². The molecule has 1 N–H and O–H groups in total. The zero-order valence-corrected chi connectivity index (χ0v) is 21.4. The standard InChI is InChI=1S/C28H34F2N4O3/c1-36-24-14-13-19(28(33-24)37-2)26-32-22-15-20(29)21(30)16-23(22)34(26)25(17-9-5-3-6-10-17)27(35)31-18-11-7-4-8-12-18/h13-18,25H,3-12H2,1-2H3,(H,31,35)/t25-/m0/s1. The molecule has 2 aromatic heterocycles. The van der Waals surface area contributed by atoms with Crippen molar-refractivity contribution in [1.29, 1.82) is 0 Å². The molecule has 0 spiro atoms. The monoisotopic (exact) mass is 512 g/mol. The lowest BCUT2D eigenvalue weighted by molar-refractivity contribution is -0.127. The molecule has 0 unspecified atom stereocenters. The third kappa shape index (κ3) is 5.13. The Morgan fingerprint density at radius 2 is 1.62 bits per heavy atom. The number of halogens is 2. The van der Waals surface area contributed by atoms with Crippen LogP contribution in [0.15, 0.2) is 24.3 Å². The molecule has 5 rings (SSSR count). The Morgan fingerprint density at radius 1 is 0.946 bits per heavy atom. The highest BCUT2D eigenvalue weighted by Gasteiger charge is 2.36. The summed E-state index contributed by atoms with van der Waals surface area (Å²) in [4.78, 5) is 23.2. The quantitative estimate of drug-likeness (QED) is 0.422. The van der Waals surface area contributed by atoms with Gasteiger partial charge in [0.2, 0.25) is 17.7 Å². The number of carbonyl (C=O) groups excluding carboxylic acids is 1. The Balaban J connectivity index is 1.69. The van der Waals surface area contributed by atoms with E-state index in [1.165, 1.54) is 20.6 Å². The van der Waals surface area contributed by atoms with Crippen LogP contribution in [0.3, 0.4) is 0 Å². The molecule has 2 aliphatic rings. The van der Waals surface area contributed by atoms with Gasteiger partial charge >= 0.3 is 0 Å². The molecule has 0 saturated heterocycles. The number of nitrogens with one attached hydrogen (secondary N) is 1. The van der Waals surface area contributed by atoms with Gasteiger partial charge < -0.3 is 19.4 Å². The molecule has 1 atom stereocenters. The second-order valence-corrected chi connectivity index (χ2v) is 10.2. The first-order valence-corrected chi connectivity index (χ1v) is 13.3. The van der Waals surface area contributed by atoms with Crippen molar-refractivity contribution in [2.24, 2.45) is 5.92 Å². The molecule has 0 radical (unpaired) electrons. The number of hydrogen-bond acceptors (Lipinski definition) is 5. The fraction of sp³-hybridized carbons (Fsp3) is 0.536. The van der Waals surface area contributed by atoms with Gasteiger partial charge in [0.25, 0.3) is 0 Å². The molecule has 2 aliphatic carbocycles. The van der Waals surface area contributed by atoms with Crippen molar-refractivity contribution in [3.63, 3.8) is 0 Å². The molecule has 0 bridgehead atoms. The zero-order chi connectivity index (χ0) is 25.9. The molecule has 0 aliphatic heterocycles. The molecular weight excluding hydrogens is 478 g/mol. The largest absolute Gasteiger partial charge is 0.481 e. The lowest BCUT2D eigenvalue weighted by Crippen LogP contribution is -2.43. The number of amides is 1. The molecule has 9 heteroatoms. The minimum Gasteiger partial charge on any atom is -0.481 e. The topological polar surface area (TPSA) is 78.3 Å². The van der Waals surface area contributed by atoms with Crippen LogP contribution in [0, 0.1) is 17.6 Å². The van der Waals surface area contributed by atoms with E-state index in [0.717, 1.165) is 69.9 Å². The Hall–Kier alpha value is -3.23. The summed E-state index contributed by atoms with van der Waals surface area (Å²) < 4.78 is 41.5. The van der Waals surface area contributed by atoms with Gasteiger partial charge in [-0.1, -0.05) is 38.5 Å². The van der Waals surface area contributed by atoms with Crippen LogP contribution in [0.5, 0.6) is 11.8 Å². The van der Waals surface area contributed by atoms with Gasteiger partial charge in [-0.05, 0) is 37.7 Å². The molecule has 2 heterocycles. The van der Waals surface area contributed by atoms with Gasteiger partial charge in [-0.15, -0.1) is 0 Å². The van der Waals surface area contributed by atoms with Crippen LogP contribution in [0.1, 0.15) is 70.3 Å². The average Bonchev–Trinajstić information content (AvgIpc) is 3.27. The maximum atomic E-state index is 14.6. The summed E-state index contributed by atoms with van der Waals surface area (Å²) >= 11 is 0. The van der Waals surface area contributed by atoms with Crippen molar-refractivity contribution >= 4 is 16.9 Å². The van der Waals surface area contributed by atoms with Gasteiger partial charge in [-0.25, -0.2) is 13.8 Å². The predicted molar refractivity (Wildman–Crippen MR) is 137 cm³/mol. The third-order valence-electron chi connectivity index (χ3n) is 7.80. The maximum absolute atomic E-state index is 14.6. The predicted octanol–water partition coefficient (Wildman–Crippen LogP) is 5.96. The first-order valence-electron chi connectivity index (χ1n) is 13.3. The van der Waals surface area contributed by atoms with E-state index in [1.54, 1.807) is 16.7 Å². The Labute approximate surface area is 215 Å². The van der Waals surface area contributed by atoms with Crippen molar-refractivity contribution in [2.75, 3.05) is 14.2 Å². The third-order valence-corrected chi connectivity index (χ3v) is 7.80. The molecular formula is C28H34F2N4O3. The van der Waals surface area contributed by atoms with Gasteiger partial charge in [0.1, 0.15) is 11.9 Å². The number of benzene rings is 1. The highest BCUT2D eigenvalue weighted by atomic mass is 19.2. The van der Waals surface area contributed by atoms with E-state index in [4.69, 9.17) is 14.5 Å². The van der Waals surface area contributed by atoms with Crippen molar-refractivity contribution in [2.45, 2.75) is 76.3 Å². The van der Waals surface area contributed by atoms with Crippen molar-refractivity contribution in [1.82, 2.24) is 19.9 Å². The zero-order valence-electron chi connectivity index (χ0n) is 21.4. The minimum atomic E-state index is -0.982. The van der Waals surface area contributed by atoms with Crippen LogP contribution in [-0.4, -0.2) is 40.7 Å². The molecule has 37 heavy (non-hydrogen) atoms. The number of pyridine rings is 1. The van der Waals surface area contributed by atoms with Crippen LogP contribution in [-0.2, 0) is 4.79 Å². The van der Waals surface area contributed by atoms with E-state index in [1.807, 2.05) is 0 Å². The first kappa shape index (κ1) is 25.4. The Morgan fingerprint density at radius 3 is 2.30 bits per heavy atom. The molecule has 1 aromatic carbocycles. The smallest absolute Gasteiger partial charge is 0.243 e. The van der Waals surface area contributed by atoms with Gasteiger partial charge in [0.15, 0.2) is 11.6 Å². The van der Waals surface area contributed by atoms with Crippen LogP contribution in [0.2, 0.25) is 0 Å². The normalized spacial score (nSPS) is 18.1. The van der Waals surface area contributed by atoms with Crippen molar-refractivity contribution in [3.05, 3.63) is 35.9 Å². The van der Waals surface area contributed by atoms with E-state index in [-0.39, 0.29) is 29.3 Å². The van der Waals surface area contributed by atoms with E-state index in [0.29, 0.717) is 22.8 Å². The maximum Gasteiger partial charge on any atom is 0.243 e. The highest BCUT2D eigenvalue weighted by molar-refractivity contribution is 5.88. The number of ether oxygens (including phenoxy) is 2. The lowest BCUT2D eigenvalue weighted by atomic mass is 9.82. The van der Waals surface area contributed by atoms with Gasteiger partial charge in [0, 0.05) is 24.2 Å². The summed E-state index contributed by atoms with van der Waals surface area (Å²) in [6, 6.07) is 5.17. The van der Waals surface area contributed by atoms with E-state index in [2.05, 4.69) is 10.3 Å². The number of aromatic nitrogens is 3. The van der Waals surface area contributed by atoms with E-state index in [9.17, 15) is 13.6 Å². The van der Waals surface area contributed by atoms with Crippen LogP contribution < -0.4 is 14.8 Å². The Bertz CT molecular complexity index is 1270. The second kappa shape index (κ2) is 11.0. The highest BCUT2D eigenvalue weighted by Crippen LogP contribution is 2.41. The number of methoxy groups -OCH3 is 2. The van der Waals surface area contributed by atoms with Crippen molar-refractivity contribution < 1.29 is 23.0 Å². The lowest BCUT2D eigenvalue weighted by Gasteiger charge is -2.33. The number of hydrogen-bond donors (Lipinski definition) is 1. The molecule has 198 valence electrons. The van der Waals surface area contributed by atoms with Crippen LogP contribution in [0.25, 0.3) is 22.4 Å². The molecule has 2 saturated carbocycles.